The van der Waals surface area contributed by atoms with Crippen molar-refractivity contribution in [1.29, 1.82) is 0 Å². The van der Waals surface area contributed by atoms with Crippen LogP contribution < -0.4 is 9.64 Å². The SMILES string of the molecule is COc1ccc(CN(C)c2nnns2)cc1F. The van der Waals surface area contributed by atoms with Crippen LogP contribution in [0.5, 0.6) is 5.75 Å². The zero-order valence-corrected chi connectivity index (χ0v) is 10.2. The second-order valence-corrected chi connectivity index (χ2v) is 4.18. The minimum atomic E-state index is -0.367. The molecule has 2 aromatic rings. The van der Waals surface area contributed by atoms with E-state index in [1.807, 2.05) is 18.0 Å². The maximum Gasteiger partial charge on any atom is 0.227 e. The molecule has 0 atom stereocenters. The zero-order valence-electron chi connectivity index (χ0n) is 9.42. The van der Waals surface area contributed by atoms with E-state index in [0.717, 1.165) is 5.56 Å². The van der Waals surface area contributed by atoms with Gasteiger partial charge in [-0.15, -0.1) is 0 Å². The molecule has 17 heavy (non-hydrogen) atoms. The summed E-state index contributed by atoms with van der Waals surface area (Å²) in [6.45, 7) is 0.539. The average Bonchev–Trinajstić information content (AvgIpc) is 2.82. The Morgan fingerprint density at radius 3 is 2.88 bits per heavy atom. The number of aromatic nitrogens is 3. The highest BCUT2D eigenvalue weighted by molar-refractivity contribution is 7.09. The molecule has 1 heterocycles. The van der Waals surface area contributed by atoms with Gasteiger partial charge in [0.15, 0.2) is 11.6 Å². The van der Waals surface area contributed by atoms with Crippen LogP contribution in [0.3, 0.4) is 0 Å². The lowest BCUT2D eigenvalue weighted by Crippen LogP contribution is -2.16. The minimum Gasteiger partial charge on any atom is -0.494 e. The van der Waals surface area contributed by atoms with Crippen molar-refractivity contribution in [2.75, 3.05) is 19.1 Å². The predicted molar refractivity (Wildman–Crippen MR) is 62.8 cm³/mol. The molecule has 0 fully saturated rings. The summed E-state index contributed by atoms with van der Waals surface area (Å²) in [4.78, 5) is 1.85. The fraction of sp³-hybridized carbons (Fsp3) is 0.300. The number of hydrogen-bond donors (Lipinski definition) is 0. The van der Waals surface area contributed by atoms with Crippen LogP contribution in [-0.2, 0) is 6.54 Å². The number of ether oxygens (including phenoxy) is 1. The third kappa shape index (κ3) is 2.68. The zero-order chi connectivity index (χ0) is 12.3. The molecule has 7 heteroatoms. The summed E-state index contributed by atoms with van der Waals surface area (Å²) in [5, 5.41) is 8.04. The first kappa shape index (κ1) is 11.7. The maximum atomic E-state index is 13.5. The fourth-order valence-electron chi connectivity index (χ4n) is 1.43. The molecule has 0 aliphatic heterocycles. The second-order valence-electron chi connectivity index (χ2n) is 3.47. The number of halogens is 1. The molecule has 0 aliphatic rings. The highest BCUT2D eigenvalue weighted by atomic mass is 32.1. The normalized spacial score (nSPS) is 10.3. The summed E-state index contributed by atoms with van der Waals surface area (Å²) in [7, 11) is 3.29. The minimum absolute atomic E-state index is 0.244. The lowest BCUT2D eigenvalue weighted by molar-refractivity contribution is 0.386. The molecular formula is C10H11FN4OS. The van der Waals surface area contributed by atoms with Gasteiger partial charge in [0.2, 0.25) is 5.13 Å². The molecule has 0 radical (unpaired) electrons. The van der Waals surface area contributed by atoms with Gasteiger partial charge in [0, 0.05) is 25.1 Å². The lowest BCUT2D eigenvalue weighted by atomic mass is 10.2. The van der Waals surface area contributed by atoms with Gasteiger partial charge in [-0.05, 0) is 22.9 Å². The summed E-state index contributed by atoms with van der Waals surface area (Å²) in [6.07, 6.45) is 0. The summed E-state index contributed by atoms with van der Waals surface area (Å²) in [5.74, 6) is -0.122. The first-order chi connectivity index (χ1) is 8.20. The molecule has 0 saturated heterocycles. The topological polar surface area (TPSA) is 51.1 Å². The second kappa shape index (κ2) is 5.05. The molecule has 0 N–H and O–H groups in total. The quantitative estimate of drug-likeness (QED) is 0.831. The van der Waals surface area contributed by atoms with E-state index in [2.05, 4.69) is 14.8 Å². The van der Waals surface area contributed by atoms with Crippen LogP contribution in [0.1, 0.15) is 5.56 Å². The summed E-state index contributed by atoms with van der Waals surface area (Å²) >= 11 is 1.20. The van der Waals surface area contributed by atoms with Crippen LogP contribution in [0, 0.1) is 5.82 Å². The molecule has 1 aromatic carbocycles. The van der Waals surface area contributed by atoms with Gasteiger partial charge in [-0.3, -0.25) is 0 Å². The highest BCUT2D eigenvalue weighted by Crippen LogP contribution is 2.20. The molecule has 0 spiro atoms. The number of methoxy groups -OCH3 is 1. The first-order valence-electron chi connectivity index (χ1n) is 4.89. The van der Waals surface area contributed by atoms with Crippen LogP contribution in [0.25, 0.3) is 0 Å². The summed E-state index contributed by atoms with van der Waals surface area (Å²) in [6, 6.07) is 4.87. The van der Waals surface area contributed by atoms with Crippen LogP contribution >= 0.6 is 11.5 Å². The van der Waals surface area contributed by atoms with E-state index in [1.165, 1.54) is 24.7 Å². The van der Waals surface area contributed by atoms with Gasteiger partial charge in [-0.25, -0.2) is 4.39 Å². The third-order valence-electron chi connectivity index (χ3n) is 2.25. The molecular weight excluding hydrogens is 243 g/mol. The Bertz CT molecular complexity index is 491. The van der Waals surface area contributed by atoms with Crippen molar-refractivity contribution < 1.29 is 9.13 Å². The molecule has 0 unspecified atom stereocenters. The fourth-order valence-corrected chi connectivity index (χ4v) is 1.85. The van der Waals surface area contributed by atoms with Gasteiger partial charge in [-0.1, -0.05) is 15.7 Å². The molecule has 0 saturated carbocycles. The van der Waals surface area contributed by atoms with E-state index in [9.17, 15) is 4.39 Å². The van der Waals surface area contributed by atoms with Crippen LogP contribution in [0.2, 0.25) is 0 Å². The number of anilines is 1. The molecule has 0 amide bonds. The number of nitrogens with zero attached hydrogens (tertiary/aromatic N) is 4. The molecule has 90 valence electrons. The average molecular weight is 254 g/mol. The largest absolute Gasteiger partial charge is 0.494 e. The lowest BCUT2D eigenvalue weighted by Gasteiger charge is -2.14. The van der Waals surface area contributed by atoms with Crippen molar-refractivity contribution in [3.05, 3.63) is 29.6 Å². The van der Waals surface area contributed by atoms with E-state index >= 15 is 0 Å². The van der Waals surface area contributed by atoms with Crippen molar-refractivity contribution in [3.63, 3.8) is 0 Å². The Morgan fingerprint density at radius 1 is 1.47 bits per heavy atom. The van der Waals surface area contributed by atoms with Crippen molar-refractivity contribution in [2.45, 2.75) is 6.54 Å². The summed E-state index contributed by atoms with van der Waals surface area (Å²) in [5.41, 5.74) is 0.834. The van der Waals surface area contributed by atoms with Gasteiger partial charge in [0.05, 0.1) is 7.11 Å². The first-order valence-corrected chi connectivity index (χ1v) is 5.66. The van der Waals surface area contributed by atoms with E-state index in [0.29, 0.717) is 11.7 Å². The number of benzene rings is 1. The summed E-state index contributed by atoms with van der Waals surface area (Å²) < 4.78 is 22.0. The Hall–Kier alpha value is -1.76. The Kier molecular flexibility index (Phi) is 3.48. The van der Waals surface area contributed by atoms with E-state index in [4.69, 9.17) is 4.74 Å². The monoisotopic (exact) mass is 254 g/mol. The third-order valence-corrected chi connectivity index (χ3v) is 2.96. The van der Waals surface area contributed by atoms with Gasteiger partial charge in [0.1, 0.15) is 0 Å². The maximum absolute atomic E-state index is 13.5. The smallest absolute Gasteiger partial charge is 0.227 e. The Labute approximate surface area is 102 Å². The number of rotatable bonds is 4. The van der Waals surface area contributed by atoms with Crippen molar-refractivity contribution in [3.8, 4) is 5.75 Å². The van der Waals surface area contributed by atoms with E-state index in [1.54, 1.807) is 6.07 Å². The molecule has 5 nitrogen and oxygen atoms in total. The van der Waals surface area contributed by atoms with Gasteiger partial charge in [0.25, 0.3) is 0 Å². The van der Waals surface area contributed by atoms with Gasteiger partial charge >= 0.3 is 0 Å². The van der Waals surface area contributed by atoms with Gasteiger partial charge in [-0.2, -0.15) is 0 Å². The van der Waals surface area contributed by atoms with Crippen LogP contribution in [-0.4, -0.2) is 29.0 Å². The highest BCUT2D eigenvalue weighted by Gasteiger charge is 2.08. The van der Waals surface area contributed by atoms with Crippen molar-refractivity contribution in [2.24, 2.45) is 0 Å². The predicted octanol–water partition coefficient (Wildman–Crippen LogP) is 1.72. The standard InChI is InChI=1S/C10H11FN4OS/c1-15(10-12-13-14-17-10)6-7-3-4-9(16-2)8(11)5-7/h3-5H,6H2,1-2H3. The van der Waals surface area contributed by atoms with Gasteiger partial charge < -0.3 is 9.64 Å². The molecule has 0 bridgehead atoms. The van der Waals surface area contributed by atoms with E-state index < -0.39 is 0 Å². The molecule has 0 aliphatic carbocycles. The van der Waals surface area contributed by atoms with Crippen molar-refractivity contribution >= 4 is 16.7 Å². The van der Waals surface area contributed by atoms with E-state index in [-0.39, 0.29) is 11.6 Å². The Morgan fingerprint density at radius 2 is 2.29 bits per heavy atom. The van der Waals surface area contributed by atoms with Crippen LogP contribution in [0.4, 0.5) is 9.52 Å². The van der Waals surface area contributed by atoms with Crippen molar-refractivity contribution in [1.82, 2.24) is 14.8 Å². The molecule has 1 aromatic heterocycles. The Balaban J connectivity index is 2.11. The number of hydrogen-bond acceptors (Lipinski definition) is 6. The van der Waals surface area contributed by atoms with Crippen LogP contribution in [0.15, 0.2) is 18.2 Å². The molecule has 2 rings (SSSR count).